The van der Waals surface area contributed by atoms with E-state index in [9.17, 15) is 14.4 Å². The Bertz CT molecular complexity index is 532. The first-order valence-electron chi connectivity index (χ1n) is 5.76. The first-order valence-corrected chi connectivity index (χ1v) is 6.75. The average Bonchev–Trinajstić information content (AvgIpc) is 2.38. The van der Waals surface area contributed by atoms with Crippen LogP contribution in [0.25, 0.3) is 0 Å². The number of thioether (sulfide) groups is 1. The van der Waals surface area contributed by atoms with Gasteiger partial charge in [0.1, 0.15) is 0 Å². The summed E-state index contributed by atoms with van der Waals surface area (Å²) in [6, 6.07) is 0. The van der Waals surface area contributed by atoms with Crippen molar-refractivity contribution >= 4 is 17.7 Å². The van der Waals surface area contributed by atoms with Crippen LogP contribution < -0.4 is 11.2 Å². The molecule has 0 saturated carbocycles. The lowest BCUT2D eigenvalue weighted by Crippen LogP contribution is -2.37. The fraction of sp³-hybridized carbons (Fsp3) is 0.600. The van der Waals surface area contributed by atoms with Crippen LogP contribution in [0, 0.1) is 0 Å². The second-order valence-corrected chi connectivity index (χ2v) is 5.01. The molecular weight excluding hydrogens is 256 g/mol. The Morgan fingerprint density at radius 1 is 1.28 bits per heavy atom. The molecule has 0 aliphatic carbocycles. The highest BCUT2D eigenvalue weighted by atomic mass is 32.2. The molecule has 1 aromatic heterocycles. The molecule has 0 atom stereocenters. The Kier molecular flexibility index (Phi) is 4.19. The summed E-state index contributed by atoms with van der Waals surface area (Å²) >= 11 is 1.04. The zero-order valence-corrected chi connectivity index (χ0v) is 10.6. The summed E-state index contributed by atoms with van der Waals surface area (Å²) in [6.07, 6.45) is 3.24. The first kappa shape index (κ1) is 12.9. The molecule has 1 aliphatic rings. The molecule has 1 saturated heterocycles. The molecule has 0 aromatic carbocycles. The number of aromatic amines is 2. The van der Waals surface area contributed by atoms with Crippen LogP contribution in [-0.2, 0) is 4.79 Å². The van der Waals surface area contributed by atoms with E-state index in [2.05, 4.69) is 15.2 Å². The Morgan fingerprint density at radius 2 is 2.00 bits per heavy atom. The van der Waals surface area contributed by atoms with Crippen molar-refractivity contribution in [2.75, 3.05) is 18.8 Å². The summed E-state index contributed by atoms with van der Waals surface area (Å²) in [5.74, 6) is 0.175. The zero-order chi connectivity index (χ0) is 13.0. The van der Waals surface area contributed by atoms with Crippen LogP contribution in [0.15, 0.2) is 14.6 Å². The maximum atomic E-state index is 11.8. The van der Waals surface area contributed by atoms with Crippen molar-refractivity contribution in [3.8, 4) is 0 Å². The van der Waals surface area contributed by atoms with Gasteiger partial charge in [-0.05, 0) is 19.3 Å². The Hall–Kier alpha value is -1.57. The molecule has 2 N–H and O–H groups in total. The van der Waals surface area contributed by atoms with Gasteiger partial charge in [0.2, 0.25) is 5.91 Å². The van der Waals surface area contributed by atoms with Gasteiger partial charge in [-0.25, -0.2) is 9.89 Å². The lowest BCUT2D eigenvalue weighted by molar-refractivity contribution is -0.129. The van der Waals surface area contributed by atoms with Gasteiger partial charge in [-0.3, -0.25) is 14.6 Å². The van der Waals surface area contributed by atoms with Crippen molar-refractivity contribution in [1.82, 2.24) is 20.1 Å². The molecule has 7 nitrogen and oxygen atoms in total. The number of piperidine rings is 1. The lowest BCUT2D eigenvalue weighted by Gasteiger charge is -2.26. The van der Waals surface area contributed by atoms with Crippen molar-refractivity contribution in [3.05, 3.63) is 20.8 Å². The van der Waals surface area contributed by atoms with E-state index < -0.39 is 11.2 Å². The molecule has 0 spiro atoms. The van der Waals surface area contributed by atoms with Crippen molar-refractivity contribution < 1.29 is 4.79 Å². The monoisotopic (exact) mass is 270 g/mol. The van der Waals surface area contributed by atoms with Crippen LogP contribution in [0.4, 0.5) is 0 Å². The summed E-state index contributed by atoms with van der Waals surface area (Å²) < 4.78 is 0. The number of amides is 1. The van der Waals surface area contributed by atoms with E-state index in [1.54, 1.807) is 4.90 Å². The van der Waals surface area contributed by atoms with E-state index in [-0.39, 0.29) is 16.7 Å². The van der Waals surface area contributed by atoms with Gasteiger partial charge in [-0.2, -0.15) is 5.10 Å². The predicted molar refractivity (Wildman–Crippen MR) is 66.6 cm³/mol. The number of carbonyl (C=O) groups excluding carboxylic acids is 1. The highest BCUT2D eigenvalue weighted by molar-refractivity contribution is 7.99. The van der Waals surface area contributed by atoms with E-state index in [4.69, 9.17) is 0 Å². The third kappa shape index (κ3) is 3.22. The topological polar surface area (TPSA) is 98.9 Å². The summed E-state index contributed by atoms with van der Waals surface area (Å²) in [5, 5.41) is 5.85. The summed E-state index contributed by atoms with van der Waals surface area (Å²) in [5.41, 5.74) is -1.21. The molecule has 2 rings (SSSR count). The first-order chi connectivity index (χ1) is 8.66. The second-order valence-electron chi connectivity index (χ2n) is 4.04. The van der Waals surface area contributed by atoms with E-state index in [1.165, 1.54) is 0 Å². The fourth-order valence-electron chi connectivity index (χ4n) is 1.80. The number of aromatic nitrogens is 3. The summed E-state index contributed by atoms with van der Waals surface area (Å²) in [6.45, 7) is 1.57. The smallest absolute Gasteiger partial charge is 0.342 e. The second kappa shape index (κ2) is 5.85. The van der Waals surface area contributed by atoms with Gasteiger partial charge in [0.15, 0.2) is 5.03 Å². The van der Waals surface area contributed by atoms with Gasteiger partial charge < -0.3 is 4.90 Å². The molecular formula is C10H14N4O3S. The van der Waals surface area contributed by atoms with E-state index >= 15 is 0 Å². The van der Waals surface area contributed by atoms with Crippen LogP contribution in [0.5, 0.6) is 0 Å². The quantitative estimate of drug-likeness (QED) is 0.726. The number of carbonyl (C=O) groups is 1. The Labute approximate surface area is 107 Å². The molecule has 0 radical (unpaired) electrons. The largest absolute Gasteiger partial charge is 0.342 e. The molecule has 0 unspecified atom stereocenters. The van der Waals surface area contributed by atoms with Crippen molar-refractivity contribution in [1.29, 1.82) is 0 Å². The predicted octanol–water partition coefficient (Wildman–Crippen LogP) is -0.437. The SMILES string of the molecule is O=C(CSc1n[nH]c(=O)[nH]c1=O)N1CCCCC1. The molecule has 0 bridgehead atoms. The standard InChI is InChI=1S/C10H14N4O3S/c15-7(14-4-2-1-3-5-14)6-18-9-8(16)11-10(17)13-12-9/h1-6H2,(H2,11,13,16,17). The molecule has 2 heterocycles. The van der Waals surface area contributed by atoms with E-state index in [0.717, 1.165) is 44.1 Å². The molecule has 1 fully saturated rings. The Balaban J connectivity index is 1.92. The van der Waals surface area contributed by atoms with Gasteiger partial charge in [-0.1, -0.05) is 11.8 Å². The number of rotatable bonds is 3. The number of nitrogens with one attached hydrogen (secondary N) is 2. The highest BCUT2D eigenvalue weighted by Gasteiger charge is 2.17. The average molecular weight is 270 g/mol. The van der Waals surface area contributed by atoms with Crippen molar-refractivity contribution in [3.63, 3.8) is 0 Å². The lowest BCUT2D eigenvalue weighted by atomic mass is 10.1. The molecule has 8 heteroatoms. The zero-order valence-electron chi connectivity index (χ0n) is 9.77. The Morgan fingerprint density at radius 3 is 2.67 bits per heavy atom. The number of likely N-dealkylation sites (tertiary alicyclic amines) is 1. The molecule has 1 aliphatic heterocycles. The molecule has 98 valence electrons. The minimum absolute atomic E-state index is 0.00657. The van der Waals surface area contributed by atoms with E-state index in [0.29, 0.717) is 0 Å². The van der Waals surface area contributed by atoms with Gasteiger partial charge in [-0.15, -0.1) is 0 Å². The van der Waals surface area contributed by atoms with Crippen LogP contribution in [0.3, 0.4) is 0 Å². The third-order valence-corrected chi connectivity index (χ3v) is 3.66. The summed E-state index contributed by atoms with van der Waals surface area (Å²) in [4.78, 5) is 37.8. The van der Waals surface area contributed by atoms with Crippen LogP contribution >= 0.6 is 11.8 Å². The minimum Gasteiger partial charge on any atom is -0.342 e. The molecule has 18 heavy (non-hydrogen) atoms. The molecule has 1 aromatic rings. The normalized spacial score (nSPS) is 15.7. The van der Waals surface area contributed by atoms with Gasteiger partial charge in [0, 0.05) is 13.1 Å². The van der Waals surface area contributed by atoms with Gasteiger partial charge in [0.25, 0.3) is 5.56 Å². The van der Waals surface area contributed by atoms with Crippen LogP contribution in [-0.4, -0.2) is 44.8 Å². The van der Waals surface area contributed by atoms with E-state index in [1.807, 2.05) is 0 Å². The van der Waals surface area contributed by atoms with Crippen molar-refractivity contribution in [2.45, 2.75) is 24.3 Å². The fourth-order valence-corrected chi connectivity index (χ4v) is 2.53. The van der Waals surface area contributed by atoms with Crippen LogP contribution in [0.2, 0.25) is 0 Å². The number of hydrogen-bond acceptors (Lipinski definition) is 5. The number of H-pyrrole nitrogens is 2. The number of hydrogen-bond donors (Lipinski definition) is 2. The van der Waals surface area contributed by atoms with Gasteiger partial charge in [0.05, 0.1) is 5.75 Å². The van der Waals surface area contributed by atoms with Crippen LogP contribution in [0.1, 0.15) is 19.3 Å². The maximum Gasteiger partial charge on any atom is 0.342 e. The van der Waals surface area contributed by atoms with Gasteiger partial charge >= 0.3 is 5.69 Å². The van der Waals surface area contributed by atoms with Crippen molar-refractivity contribution in [2.24, 2.45) is 0 Å². The molecule has 1 amide bonds. The summed E-state index contributed by atoms with van der Waals surface area (Å²) in [7, 11) is 0. The minimum atomic E-state index is -0.647. The number of nitrogens with zero attached hydrogens (tertiary/aromatic N) is 2. The highest BCUT2D eigenvalue weighted by Crippen LogP contribution is 2.13. The third-order valence-electron chi connectivity index (χ3n) is 2.72. The maximum absolute atomic E-state index is 11.8.